The standard InChI is InChI=1S/C21H29N3O3.HI/c1-15-8-6-7-9-16(15)14-24-21(22-2)23-11-10-18-19(26-4)12-17(25-3)13-20(18)27-5;/h6-9,12-13H,10-11,14H2,1-5H3,(H2,22,23,24);1H. The summed E-state index contributed by atoms with van der Waals surface area (Å²) >= 11 is 0. The third-order valence-electron chi connectivity index (χ3n) is 4.42. The molecule has 7 heteroatoms. The molecular weight excluding hydrogens is 469 g/mol. The summed E-state index contributed by atoms with van der Waals surface area (Å²) in [6.45, 7) is 3.52. The Bertz CT molecular complexity index is 756. The predicted molar refractivity (Wildman–Crippen MR) is 125 cm³/mol. The van der Waals surface area contributed by atoms with Gasteiger partial charge in [0.2, 0.25) is 0 Å². The summed E-state index contributed by atoms with van der Waals surface area (Å²) in [7, 11) is 6.68. The molecule has 28 heavy (non-hydrogen) atoms. The molecule has 0 radical (unpaired) electrons. The highest BCUT2D eigenvalue weighted by atomic mass is 127. The Hall–Kier alpha value is -2.16. The van der Waals surface area contributed by atoms with Gasteiger partial charge in [-0.1, -0.05) is 24.3 Å². The molecule has 2 aromatic carbocycles. The number of hydrogen-bond donors (Lipinski definition) is 2. The van der Waals surface area contributed by atoms with Crippen LogP contribution in [0.5, 0.6) is 17.2 Å². The molecule has 0 aliphatic rings. The summed E-state index contributed by atoms with van der Waals surface area (Å²) < 4.78 is 16.3. The molecule has 154 valence electrons. The molecule has 0 saturated heterocycles. The SMILES string of the molecule is CN=C(NCCc1c(OC)cc(OC)cc1OC)NCc1ccccc1C.I. The molecule has 0 fully saturated rings. The average molecular weight is 499 g/mol. The second-order valence-corrected chi connectivity index (χ2v) is 6.04. The van der Waals surface area contributed by atoms with E-state index < -0.39 is 0 Å². The number of nitrogens with zero attached hydrogens (tertiary/aromatic N) is 1. The molecule has 0 atom stereocenters. The minimum Gasteiger partial charge on any atom is -0.496 e. The summed E-state index contributed by atoms with van der Waals surface area (Å²) in [5.74, 6) is 2.95. The van der Waals surface area contributed by atoms with E-state index in [4.69, 9.17) is 14.2 Å². The number of guanidine groups is 1. The van der Waals surface area contributed by atoms with Crippen LogP contribution < -0.4 is 24.8 Å². The summed E-state index contributed by atoms with van der Waals surface area (Å²) in [5, 5.41) is 6.68. The monoisotopic (exact) mass is 499 g/mol. The smallest absolute Gasteiger partial charge is 0.191 e. The van der Waals surface area contributed by atoms with Gasteiger partial charge in [-0.3, -0.25) is 4.99 Å². The van der Waals surface area contributed by atoms with E-state index in [0.717, 1.165) is 36.0 Å². The number of methoxy groups -OCH3 is 3. The minimum absolute atomic E-state index is 0. The van der Waals surface area contributed by atoms with Crippen LogP contribution in [0.2, 0.25) is 0 Å². The van der Waals surface area contributed by atoms with Gasteiger partial charge in [0, 0.05) is 37.8 Å². The maximum atomic E-state index is 5.50. The molecule has 2 aromatic rings. The molecule has 0 amide bonds. The Kier molecular flexibility index (Phi) is 10.5. The Labute approximate surface area is 184 Å². The predicted octanol–water partition coefficient (Wildman–Crippen LogP) is 3.55. The normalized spacial score (nSPS) is 10.7. The molecule has 0 bridgehead atoms. The van der Waals surface area contributed by atoms with Crippen LogP contribution in [0.3, 0.4) is 0 Å². The average Bonchev–Trinajstić information content (AvgIpc) is 2.71. The third-order valence-corrected chi connectivity index (χ3v) is 4.42. The number of hydrogen-bond acceptors (Lipinski definition) is 4. The fourth-order valence-electron chi connectivity index (χ4n) is 2.84. The van der Waals surface area contributed by atoms with Gasteiger partial charge in [0.1, 0.15) is 17.2 Å². The number of benzene rings is 2. The van der Waals surface area contributed by atoms with Gasteiger partial charge >= 0.3 is 0 Å². The zero-order valence-electron chi connectivity index (χ0n) is 17.2. The molecular formula is C21H30IN3O3. The van der Waals surface area contributed by atoms with Crippen molar-refractivity contribution < 1.29 is 14.2 Å². The quantitative estimate of drug-likeness (QED) is 0.331. The van der Waals surface area contributed by atoms with E-state index in [2.05, 4.69) is 34.7 Å². The van der Waals surface area contributed by atoms with E-state index in [9.17, 15) is 0 Å². The highest BCUT2D eigenvalue weighted by Gasteiger charge is 2.13. The van der Waals surface area contributed by atoms with Crippen molar-refractivity contribution in [1.82, 2.24) is 10.6 Å². The van der Waals surface area contributed by atoms with Crippen molar-refractivity contribution in [1.29, 1.82) is 0 Å². The molecule has 6 nitrogen and oxygen atoms in total. The summed E-state index contributed by atoms with van der Waals surface area (Å²) in [5.41, 5.74) is 3.50. The Morgan fingerprint density at radius 2 is 1.61 bits per heavy atom. The first-order valence-corrected chi connectivity index (χ1v) is 8.90. The van der Waals surface area contributed by atoms with Crippen LogP contribution in [0, 0.1) is 6.92 Å². The van der Waals surface area contributed by atoms with Gasteiger partial charge in [-0.15, -0.1) is 24.0 Å². The lowest BCUT2D eigenvalue weighted by Crippen LogP contribution is -2.38. The number of aryl methyl sites for hydroxylation is 1. The minimum atomic E-state index is 0. The summed E-state index contributed by atoms with van der Waals surface area (Å²) in [4.78, 5) is 4.29. The van der Waals surface area contributed by atoms with E-state index in [-0.39, 0.29) is 24.0 Å². The van der Waals surface area contributed by atoms with Gasteiger partial charge < -0.3 is 24.8 Å². The molecule has 0 heterocycles. The first-order chi connectivity index (χ1) is 13.1. The number of ether oxygens (including phenoxy) is 3. The number of aliphatic imine (C=N–C) groups is 1. The van der Waals surface area contributed by atoms with Gasteiger partial charge in [-0.25, -0.2) is 0 Å². The molecule has 2 N–H and O–H groups in total. The van der Waals surface area contributed by atoms with Crippen molar-refractivity contribution in [3.05, 3.63) is 53.1 Å². The number of halogens is 1. The van der Waals surface area contributed by atoms with Gasteiger partial charge in [-0.05, 0) is 24.5 Å². The van der Waals surface area contributed by atoms with E-state index in [1.165, 1.54) is 11.1 Å². The lowest BCUT2D eigenvalue weighted by Gasteiger charge is -2.17. The highest BCUT2D eigenvalue weighted by molar-refractivity contribution is 14.0. The molecule has 2 rings (SSSR count). The van der Waals surface area contributed by atoms with Crippen molar-refractivity contribution in [3.63, 3.8) is 0 Å². The third kappa shape index (κ3) is 6.47. The molecule has 0 saturated carbocycles. The zero-order valence-corrected chi connectivity index (χ0v) is 19.5. The maximum Gasteiger partial charge on any atom is 0.191 e. The summed E-state index contributed by atoms with van der Waals surface area (Å²) in [6, 6.07) is 12.0. The van der Waals surface area contributed by atoms with Crippen molar-refractivity contribution in [2.75, 3.05) is 34.9 Å². The highest BCUT2D eigenvalue weighted by Crippen LogP contribution is 2.34. The van der Waals surface area contributed by atoms with E-state index in [0.29, 0.717) is 12.3 Å². The molecule has 0 aromatic heterocycles. The Morgan fingerprint density at radius 3 is 2.14 bits per heavy atom. The first kappa shape index (κ1) is 23.9. The molecule has 0 unspecified atom stereocenters. The summed E-state index contributed by atoms with van der Waals surface area (Å²) in [6.07, 6.45) is 0.724. The van der Waals surface area contributed by atoms with Gasteiger partial charge in [0.15, 0.2) is 5.96 Å². The first-order valence-electron chi connectivity index (χ1n) is 8.90. The van der Waals surface area contributed by atoms with E-state index in [1.54, 1.807) is 28.4 Å². The van der Waals surface area contributed by atoms with Crippen LogP contribution in [0.1, 0.15) is 16.7 Å². The van der Waals surface area contributed by atoms with Crippen LogP contribution >= 0.6 is 24.0 Å². The second-order valence-electron chi connectivity index (χ2n) is 6.04. The van der Waals surface area contributed by atoms with Crippen molar-refractivity contribution in [2.45, 2.75) is 19.9 Å². The largest absolute Gasteiger partial charge is 0.496 e. The van der Waals surface area contributed by atoms with Crippen molar-refractivity contribution in [2.24, 2.45) is 4.99 Å². The topological polar surface area (TPSA) is 64.1 Å². The lowest BCUT2D eigenvalue weighted by atomic mass is 10.1. The van der Waals surface area contributed by atoms with Gasteiger partial charge in [0.05, 0.1) is 21.3 Å². The Balaban J connectivity index is 0.00000392. The van der Waals surface area contributed by atoms with Crippen LogP contribution in [0.4, 0.5) is 0 Å². The molecule has 0 aliphatic heterocycles. The number of nitrogens with one attached hydrogen (secondary N) is 2. The maximum absolute atomic E-state index is 5.50. The van der Waals surface area contributed by atoms with Crippen molar-refractivity contribution in [3.8, 4) is 17.2 Å². The molecule has 0 aliphatic carbocycles. The van der Waals surface area contributed by atoms with E-state index >= 15 is 0 Å². The van der Waals surface area contributed by atoms with Gasteiger partial charge in [-0.2, -0.15) is 0 Å². The fraction of sp³-hybridized carbons (Fsp3) is 0.381. The van der Waals surface area contributed by atoms with Crippen molar-refractivity contribution >= 4 is 29.9 Å². The zero-order chi connectivity index (χ0) is 19.6. The molecule has 0 spiro atoms. The lowest BCUT2D eigenvalue weighted by molar-refractivity contribution is 0.368. The van der Waals surface area contributed by atoms with Crippen LogP contribution in [-0.4, -0.2) is 40.9 Å². The van der Waals surface area contributed by atoms with E-state index in [1.807, 2.05) is 24.3 Å². The van der Waals surface area contributed by atoms with Crippen LogP contribution in [-0.2, 0) is 13.0 Å². The Morgan fingerprint density at radius 1 is 0.964 bits per heavy atom. The van der Waals surface area contributed by atoms with Gasteiger partial charge in [0.25, 0.3) is 0 Å². The number of rotatable bonds is 8. The second kappa shape index (κ2) is 12.3. The fourth-order valence-corrected chi connectivity index (χ4v) is 2.84. The van der Waals surface area contributed by atoms with Crippen LogP contribution in [0.25, 0.3) is 0 Å². The van der Waals surface area contributed by atoms with Crippen LogP contribution in [0.15, 0.2) is 41.4 Å².